The van der Waals surface area contributed by atoms with Crippen LogP contribution in [0.5, 0.6) is 0 Å². The molecule has 20 heavy (non-hydrogen) atoms. The highest BCUT2D eigenvalue weighted by Crippen LogP contribution is 2.29. The summed E-state index contributed by atoms with van der Waals surface area (Å²) in [5.41, 5.74) is 7.77. The molecule has 1 aliphatic carbocycles. The first-order valence-electron chi connectivity index (χ1n) is 6.68. The number of carbonyl (C=O) groups excluding carboxylic acids is 1. The molecule has 1 aliphatic rings. The second kappa shape index (κ2) is 4.96. The van der Waals surface area contributed by atoms with E-state index in [9.17, 15) is 4.79 Å². The number of rotatable bonds is 4. The number of hydrogen-bond donors (Lipinski definition) is 2. The Bertz CT molecular complexity index is 632. The molecule has 0 saturated heterocycles. The van der Waals surface area contributed by atoms with Gasteiger partial charge >= 0.3 is 0 Å². The maximum atomic E-state index is 12.5. The van der Waals surface area contributed by atoms with Crippen molar-refractivity contribution in [3.63, 3.8) is 0 Å². The fourth-order valence-electron chi connectivity index (χ4n) is 2.27. The van der Waals surface area contributed by atoms with Gasteiger partial charge in [0.2, 0.25) is 11.8 Å². The first-order chi connectivity index (χ1) is 9.63. The normalized spacial score (nSPS) is 14.2. The largest absolute Gasteiger partial charge is 0.366 e. The summed E-state index contributed by atoms with van der Waals surface area (Å²) in [5.74, 6) is 0.167. The summed E-state index contributed by atoms with van der Waals surface area (Å²) >= 11 is 0. The van der Waals surface area contributed by atoms with Crippen molar-refractivity contribution in [2.75, 3.05) is 5.73 Å². The second-order valence-electron chi connectivity index (χ2n) is 5.20. The molecule has 104 valence electrons. The SMILES string of the molecule is Cc1cccc(CN(C(=O)c2nc(N)n[nH]2)C2CC2)c1. The Morgan fingerprint density at radius 3 is 2.90 bits per heavy atom. The monoisotopic (exact) mass is 271 g/mol. The van der Waals surface area contributed by atoms with Crippen LogP contribution < -0.4 is 5.73 Å². The van der Waals surface area contributed by atoms with E-state index in [1.54, 1.807) is 0 Å². The van der Waals surface area contributed by atoms with Crippen LogP contribution in [0.25, 0.3) is 0 Å². The summed E-state index contributed by atoms with van der Waals surface area (Å²) in [6.45, 7) is 2.63. The molecule has 6 heteroatoms. The molecule has 3 N–H and O–H groups in total. The highest BCUT2D eigenvalue weighted by Gasteiger charge is 2.34. The zero-order valence-corrected chi connectivity index (χ0v) is 11.3. The van der Waals surface area contributed by atoms with Crippen molar-refractivity contribution in [1.82, 2.24) is 20.1 Å². The number of anilines is 1. The number of nitrogens with two attached hydrogens (primary N) is 1. The lowest BCUT2D eigenvalue weighted by molar-refractivity contribution is 0.0718. The molecule has 0 atom stereocenters. The fourth-order valence-corrected chi connectivity index (χ4v) is 2.27. The van der Waals surface area contributed by atoms with Gasteiger partial charge in [0.25, 0.3) is 5.91 Å². The third-order valence-electron chi connectivity index (χ3n) is 3.39. The molecule has 0 radical (unpaired) electrons. The number of H-pyrrole nitrogens is 1. The number of aromatic nitrogens is 3. The lowest BCUT2D eigenvalue weighted by atomic mass is 10.1. The smallest absolute Gasteiger partial charge is 0.291 e. The number of aromatic amines is 1. The van der Waals surface area contributed by atoms with Crippen LogP contribution in [0, 0.1) is 6.92 Å². The Balaban J connectivity index is 1.81. The molecule has 0 aliphatic heterocycles. The van der Waals surface area contributed by atoms with Crippen LogP contribution in [0.15, 0.2) is 24.3 Å². The van der Waals surface area contributed by atoms with Gasteiger partial charge in [-0.25, -0.2) is 0 Å². The van der Waals surface area contributed by atoms with Crippen LogP contribution in [0.2, 0.25) is 0 Å². The molecule has 2 aromatic rings. The van der Waals surface area contributed by atoms with Crippen molar-refractivity contribution in [3.8, 4) is 0 Å². The van der Waals surface area contributed by atoms with Gasteiger partial charge in [0.15, 0.2) is 0 Å². The van der Waals surface area contributed by atoms with Crippen molar-refractivity contribution in [1.29, 1.82) is 0 Å². The van der Waals surface area contributed by atoms with Gasteiger partial charge in [-0.3, -0.25) is 9.89 Å². The molecule has 3 rings (SSSR count). The van der Waals surface area contributed by atoms with E-state index in [0.717, 1.165) is 18.4 Å². The predicted molar refractivity (Wildman–Crippen MR) is 74.9 cm³/mol. The lowest BCUT2D eigenvalue weighted by Crippen LogP contribution is -2.33. The zero-order chi connectivity index (χ0) is 14.1. The molecule has 0 bridgehead atoms. The number of carbonyl (C=O) groups is 1. The molecule has 1 amide bonds. The van der Waals surface area contributed by atoms with Gasteiger partial charge in [-0.2, -0.15) is 4.98 Å². The van der Waals surface area contributed by atoms with Crippen LogP contribution >= 0.6 is 0 Å². The molecule has 1 heterocycles. The Morgan fingerprint density at radius 1 is 1.50 bits per heavy atom. The summed E-state index contributed by atoms with van der Waals surface area (Å²) in [6.07, 6.45) is 2.09. The van der Waals surface area contributed by atoms with Crippen molar-refractivity contribution < 1.29 is 4.79 Å². The molecule has 1 aromatic heterocycles. The van der Waals surface area contributed by atoms with Gasteiger partial charge in [-0.15, -0.1) is 5.10 Å². The number of nitrogens with one attached hydrogen (secondary N) is 1. The Morgan fingerprint density at radius 2 is 2.30 bits per heavy atom. The number of nitrogen functional groups attached to an aromatic ring is 1. The second-order valence-corrected chi connectivity index (χ2v) is 5.20. The molecule has 0 unspecified atom stereocenters. The van der Waals surface area contributed by atoms with Crippen LogP contribution in [0.4, 0.5) is 5.95 Å². The maximum Gasteiger partial charge on any atom is 0.291 e. The number of hydrogen-bond acceptors (Lipinski definition) is 4. The first-order valence-corrected chi connectivity index (χ1v) is 6.68. The minimum Gasteiger partial charge on any atom is -0.366 e. The Labute approximate surface area is 117 Å². The minimum atomic E-state index is -0.141. The van der Waals surface area contributed by atoms with Gasteiger partial charge in [0.05, 0.1) is 0 Å². The molecular weight excluding hydrogens is 254 g/mol. The molecule has 6 nitrogen and oxygen atoms in total. The maximum absolute atomic E-state index is 12.5. The molecule has 1 fully saturated rings. The third kappa shape index (κ3) is 2.64. The van der Waals surface area contributed by atoms with Gasteiger partial charge in [0, 0.05) is 12.6 Å². The quantitative estimate of drug-likeness (QED) is 0.882. The van der Waals surface area contributed by atoms with Crippen LogP contribution in [0.1, 0.15) is 34.6 Å². The van der Waals surface area contributed by atoms with Crippen molar-refractivity contribution in [2.45, 2.75) is 32.4 Å². The van der Waals surface area contributed by atoms with E-state index in [0.29, 0.717) is 12.6 Å². The van der Waals surface area contributed by atoms with Gasteiger partial charge < -0.3 is 10.6 Å². The summed E-state index contributed by atoms with van der Waals surface area (Å²) in [6, 6.07) is 8.48. The van der Waals surface area contributed by atoms with E-state index in [1.165, 1.54) is 5.56 Å². The Hall–Kier alpha value is -2.37. The van der Waals surface area contributed by atoms with Crippen molar-refractivity contribution >= 4 is 11.9 Å². The van der Waals surface area contributed by atoms with Crippen LogP contribution in [-0.4, -0.2) is 32.0 Å². The average Bonchev–Trinajstić information content (AvgIpc) is 3.17. The van der Waals surface area contributed by atoms with Crippen LogP contribution in [0.3, 0.4) is 0 Å². The molecular formula is C14H17N5O. The van der Waals surface area contributed by atoms with Gasteiger partial charge in [-0.05, 0) is 25.3 Å². The fraction of sp³-hybridized carbons (Fsp3) is 0.357. The number of benzene rings is 1. The van der Waals surface area contributed by atoms with E-state index in [2.05, 4.69) is 21.2 Å². The molecule has 1 aromatic carbocycles. The summed E-state index contributed by atoms with van der Waals surface area (Å²) in [7, 11) is 0. The zero-order valence-electron chi connectivity index (χ0n) is 11.3. The number of nitrogens with zero attached hydrogens (tertiary/aromatic N) is 3. The van der Waals surface area contributed by atoms with E-state index >= 15 is 0 Å². The highest BCUT2D eigenvalue weighted by atomic mass is 16.2. The Kier molecular flexibility index (Phi) is 3.14. The van der Waals surface area contributed by atoms with Crippen molar-refractivity contribution in [3.05, 3.63) is 41.2 Å². The molecule has 1 saturated carbocycles. The average molecular weight is 271 g/mol. The molecule has 0 spiro atoms. The van der Waals surface area contributed by atoms with E-state index in [-0.39, 0.29) is 17.7 Å². The summed E-state index contributed by atoms with van der Waals surface area (Å²) in [5, 5.41) is 6.30. The van der Waals surface area contributed by atoms with Crippen LogP contribution in [-0.2, 0) is 6.54 Å². The summed E-state index contributed by atoms with van der Waals surface area (Å²) in [4.78, 5) is 18.2. The minimum absolute atomic E-state index is 0.0969. The third-order valence-corrected chi connectivity index (χ3v) is 3.39. The van der Waals surface area contributed by atoms with Crippen molar-refractivity contribution in [2.24, 2.45) is 0 Å². The summed E-state index contributed by atoms with van der Waals surface area (Å²) < 4.78 is 0. The number of amides is 1. The standard InChI is InChI=1S/C14H17N5O/c1-9-3-2-4-10(7-9)8-19(11-5-6-11)13(20)12-16-14(15)18-17-12/h2-4,7,11H,5-6,8H2,1H3,(H3,15,16,17,18). The van der Waals surface area contributed by atoms with E-state index in [4.69, 9.17) is 5.73 Å². The van der Waals surface area contributed by atoms with Gasteiger partial charge in [-0.1, -0.05) is 29.8 Å². The van der Waals surface area contributed by atoms with E-state index in [1.807, 2.05) is 30.0 Å². The first kappa shape index (κ1) is 12.7. The van der Waals surface area contributed by atoms with Gasteiger partial charge in [0.1, 0.15) is 0 Å². The number of aryl methyl sites for hydroxylation is 1. The lowest BCUT2D eigenvalue weighted by Gasteiger charge is -2.21. The topological polar surface area (TPSA) is 87.9 Å². The van der Waals surface area contributed by atoms with E-state index < -0.39 is 0 Å². The predicted octanol–water partition coefficient (Wildman–Crippen LogP) is 1.50. The highest BCUT2D eigenvalue weighted by molar-refractivity contribution is 5.91.